The van der Waals surface area contributed by atoms with E-state index < -0.39 is 0 Å². The summed E-state index contributed by atoms with van der Waals surface area (Å²) in [5.41, 5.74) is 2.17. The summed E-state index contributed by atoms with van der Waals surface area (Å²) < 4.78 is 0. The predicted octanol–water partition coefficient (Wildman–Crippen LogP) is 4.58. The molecular formula is C20H17NO. The molecule has 0 saturated heterocycles. The second-order valence-electron chi connectivity index (χ2n) is 5.88. The van der Waals surface area contributed by atoms with Crippen molar-refractivity contribution in [3.05, 3.63) is 78.4 Å². The van der Waals surface area contributed by atoms with Crippen molar-refractivity contribution in [2.45, 2.75) is 12.3 Å². The smallest absolute Gasteiger partial charge is 0.228 e. The summed E-state index contributed by atoms with van der Waals surface area (Å²) in [6, 6.07) is 24.4. The summed E-state index contributed by atoms with van der Waals surface area (Å²) in [6.07, 6.45) is 0.945. The van der Waals surface area contributed by atoms with Gasteiger partial charge in [-0.2, -0.15) is 0 Å². The number of amides is 1. The van der Waals surface area contributed by atoms with E-state index in [1.54, 1.807) is 0 Å². The molecule has 3 aromatic rings. The number of nitrogens with one attached hydrogen (secondary N) is 1. The summed E-state index contributed by atoms with van der Waals surface area (Å²) in [6.45, 7) is 0. The average molecular weight is 287 g/mol. The molecule has 1 fully saturated rings. The molecule has 0 spiro atoms. The Morgan fingerprint density at radius 3 is 2.45 bits per heavy atom. The van der Waals surface area contributed by atoms with Gasteiger partial charge in [-0.1, -0.05) is 66.7 Å². The Labute approximate surface area is 129 Å². The van der Waals surface area contributed by atoms with Gasteiger partial charge in [-0.3, -0.25) is 4.79 Å². The molecule has 22 heavy (non-hydrogen) atoms. The monoisotopic (exact) mass is 287 g/mol. The van der Waals surface area contributed by atoms with Crippen molar-refractivity contribution in [3.63, 3.8) is 0 Å². The van der Waals surface area contributed by atoms with Crippen LogP contribution < -0.4 is 5.32 Å². The first kappa shape index (κ1) is 13.1. The van der Waals surface area contributed by atoms with Crippen LogP contribution in [0.1, 0.15) is 17.9 Å². The second kappa shape index (κ2) is 5.30. The van der Waals surface area contributed by atoms with Crippen molar-refractivity contribution >= 4 is 22.4 Å². The van der Waals surface area contributed by atoms with E-state index in [1.807, 2.05) is 48.5 Å². The van der Waals surface area contributed by atoms with E-state index in [1.165, 1.54) is 5.56 Å². The van der Waals surface area contributed by atoms with Crippen LogP contribution in [0.2, 0.25) is 0 Å². The highest BCUT2D eigenvalue weighted by atomic mass is 16.2. The summed E-state index contributed by atoms with van der Waals surface area (Å²) in [7, 11) is 0. The molecule has 1 aliphatic rings. The topological polar surface area (TPSA) is 29.1 Å². The maximum Gasteiger partial charge on any atom is 0.228 e. The van der Waals surface area contributed by atoms with Crippen molar-refractivity contribution in [2.24, 2.45) is 5.92 Å². The number of hydrogen-bond donors (Lipinski definition) is 1. The minimum absolute atomic E-state index is 0.0985. The van der Waals surface area contributed by atoms with Crippen LogP contribution in [-0.2, 0) is 4.79 Å². The Kier molecular flexibility index (Phi) is 3.15. The first-order valence-corrected chi connectivity index (χ1v) is 7.66. The second-order valence-corrected chi connectivity index (χ2v) is 5.88. The third kappa shape index (κ3) is 2.37. The van der Waals surface area contributed by atoms with Crippen LogP contribution in [-0.4, -0.2) is 5.91 Å². The Morgan fingerprint density at radius 2 is 1.59 bits per heavy atom. The lowest BCUT2D eigenvalue weighted by Crippen LogP contribution is -2.14. The maximum absolute atomic E-state index is 12.5. The van der Waals surface area contributed by atoms with Crippen LogP contribution in [0, 0.1) is 5.92 Å². The lowest BCUT2D eigenvalue weighted by molar-refractivity contribution is -0.117. The standard InChI is InChI=1S/C20H17NO/c22-20(18-13-17(18)15-7-2-1-3-8-15)21-19-12-6-10-14-9-4-5-11-16(14)19/h1-12,17-18H,13H2,(H,21,22). The third-order valence-corrected chi connectivity index (χ3v) is 4.40. The van der Waals surface area contributed by atoms with Crippen molar-refractivity contribution in [1.29, 1.82) is 0 Å². The zero-order valence-electron chi connectivity index (χ0n) is 12.2. The van der Waals surface area contributed by atoms with Gasteiger partial charge < -0.3 is 5.32 Å². The molecule has 2 nitrogen and oxygen atoms in total. The molecule has 0 heterocycles. The fourth-order valence-electron chi connectivity index (χ4n) is 3.11. The van der Waals surface area contributed by atoms with Gasteiger partial charge in [0.05, 0.1) is 0 Å². The highest BCUT2D eigenvalue weighted by Crippen LogP contribution is 2.48. The van der Waals surface area contributed by atoms with Gasteiger partial charge in [-0.25, -0.2) is 0 Å². The van der Waals surface area contributed by atoms with Crippen LogP contribution in [0.15, 0.2) is 72.8 Å². The Bertz CT molecular complexity index is 820. The van der Waals surface area contributed by atoms with Crippen LogP contribution in [0.5, 0.6) is 0 Å². The normalized spacial score (nSPS) is 19.8. The third-order valence-electron chi connectivity index (χ3n) is 4.40. The molecule has 1 aliphatic carbocycles. The molecule has 0 radical (unpaired) electrons. The molecule has 4 rings (SSSR count). The highest BCUT2D eigenvalue weighted by molar-refractivity contribution is 6.03. The first-order chi connectivity index (χ1) is 10.8. The van der Waals surface area contributed by atoms with Crippen LogP contribution in [0.3, 0.4) is 0 Å². The molecule has 0 bridgehead atoms. The summed E-state index contributed by atoms with van der Waals surface area (Å²) in [5.74, 6) is 0.600. The number of hydrogen-bond acceptors (Lipinski definition) is 1. The van der Waals surface area contributed by atoms with Crippen molar-refractivity contribution in [3.8, 4) is 0 Å². The fraction of sp³-hybridized carbons (Fsp3) is 0.150. The van der Waals surface area contributed by atoms with Gasteiger partial charge in [0.25, 0.3) is 0 Å². The van der Waals surface area contributed by atoms with Crippen LogP contribution in [0.4, 0.5) is 5.69 Å². The summed E-state index contributed by atoms with van der Waals surface area (Å²) in [4.78, 5) is 12.5. The average Bonchev–Trinajstić information content (AvgIpc) is 3.37. The van der Waals surface area contributed by atoms with Gasteiger partial charge in [-0.05, 0) is 29.4 Å². The molecule has 1 N–H and O–H groups in total. The number of fused-ring (bicyclic) bond motifs is 1. The molecule has 0 aliphatic heterocycles. The van der Waals surface area contributed by atoms with E-state index in [-0.39, 0.29) is 11.8 Å². The van der Waals surface area contributed by atoms with Crippen molar-refractivity contribution in [1.82, 2.24) is 0 Å². The molecule has 0 aromatic heterocycles. The number of carbonyl (C=O) groups is 1. The Morgan fingerprint density at radius 1 is 0.864 bits per heavy atom. The van der Waals surface area contributed by atoms with Gasteiger partial charge in [-0.15, -0.1) is 0 Å². The van der Waals surface area contributed by atoms with Crippen LogP contribution >= 0.6 is 0 Å². The van der Waals surface area contributed by atoms with E-state index >= 15 is 0 Å². The number of rotatable bonds is 3. The molecular weight excluding hydrogens is 270 g/mol. The number of benzene rings is 3. The van der Waals surface area contributed by atoms with E-state index in [4.69, 9.17) is 0 Å². The summed E-state index contributed by atoms with van der Waals surface area (Å²) in [5, 5.41) is 5.35. The Hall–Kier alpha value is -2.61. The molecule has 108 valence electrons. The van der Waals surface area contributed by atoms with E-state index in [2.05, 4.69) is 29.6 Å². The molecule has 2 unspecified atom stereocenters. The molecule has 2 heteroatoms. The van der Waals surface area contributed by atoms with Gasteiger partial charge in [0.2, 0.25) is 5.91 Å². The van der Waals surface area contributed by atoms with Crippen LogP contribution in [0.25, 0.3) is 10.8 Å². The van der Waals surface area contributed by atoms with Crippen molar-refractivity contribution < 1.29 is 4.79 Å². The maximum atomic E-state index is 12.5. The lowest BCUT2D eigenvalue weighted by atomic mass is 10.1. The number of carbonyl (C=O) groups excluding carboxylic acids is 1. The Balaban J connectivity index is 1.53. The molecule has 3 aromatic carbocycles. The largest absolute Gasteiger partial charge is 0.325 e. The lowest BCUT2D eigenvalue weighted by Gasteiger charge is -2.08. The summed E-state index contributed by atoms with van der Waals surface area (Å²) >= 11 is 0. The van der Waals surface area contributed by atoms with Gasteiger partial charge in [0.1, 0.15) is 0 Å². The SMILES string of the molecule is O=C(Nc1cccc2ccccc12)C1CC1c1ccccc1. The zero-order valence-corrected chi connectivity index (χ0v) is 12.2. The molecule has 1 amide bonds. The van der Waals surface area contributed by atoms with Crippen molar-refractivity contribution in [2.75, 3.05) is 5.32 Å². The molecule has 1 saturated carbocycles. The van der Waals surface area contributed by atoms with E-state index in [0.29, 0.717) is 5.92 Å². The zero-order chi connectivity index (χ0) is 14.9. The van der Waals surface area contributed by atoms with Gasteiger partial charge in [0, 0.05) is 17.0 Å². The predicted molar refractivity (Wildman–Crippen MR) is 89.9 cm³/mol. The quantitative estimate of drug-likeness (QED) is 0.750. The van der Waals surface area contributed by atoms with E-state index in [9.17, 15) is 4.79 Å². The minimum atomic E-state index is 0.0985. The molecule has 2 atom stereocenters. The van der Waals surface area contributed by atoms with E-state index in [0.717, 1.165) is 22.9 Å². The highest BCUT2D eigenvalue weighted by Gasteiger charge is 2.43. The number of anilines is 1. The van der Waals surface area contributed by atoms with Gasteiger partial charge in [0.15, 0.2) is 0 Å². The first-order valence-electron chi connectivity index (χ1n) is 7.66. The fourth-order valence-corrected chi connectivity index (χ4v) is 3.11. The van der Waals surface area contributed by atoms with Gasteiger partial charge >= 0.3 is 0 Å². The minimum Gasteiger partial charge on any atom is -0.325 e.